The van der Waals surface area contributed by atoms with E-state index in [1.807, 2.05) is 41.3 Å². The molecular formula is C21H26N3OS+. The zero-order chi connectivity index (χ0) is 18.5. The Morgan fingerprint density at radius 3 is 2.54 bits per heavy atom. The van der Waals surface area contributed by atoms with E-state index in [-0.39, 0.29) is 5.91 Å². The number of hydrogen-bond acceptors (Lipinski definition) is 3. The van der Waals surface area contributed by atoms with Crippen LogP contribution in [0.15, 0.2) is 48.5 Å². The Morgan fingerprint density at radius 2 is 1.85 bits per heavy atom. The number of nitrogens with one attached hydrogen (secondary N) is 1. The van der Waals surface area contributed by atoms with Gasteiger partial charge in [0.1, 0.15) is 0 Å². The molecule has 4 nitrogen and oxygen atoms in total. The van der Waals surface area contributed by atoms with E-state index in [0.29, 0.717) is 12.1 Å². The highest BCUT2D eigenvalue weighted by Crippen LogP contribution is 2.30. The predicted molar refractivity (Wildman–Crippen MR) is 109 cm³/mol. The lowest BCUT2D eigenvalue weighted by Crippen LogP contribution is -3.12. The molecule has 2 aromatic carbocycles. The van der Waals surface area contributed by atoms with Crippen LogP contribution in [-0.4, -0.2) is 37.1 Å². The Kier molecular flexibility index (Phi) is 6.01. The van der Waals surface area contributed by atoms with Crippen molar-refractivity contribution in [1.29, 1.82) is 0 Å². The molecule has 0 saturated heterocycles. The monoisotopic (exact) mass is 368 g/mol. The number of rotatable bonds is 7. The van der Waals surface area contributed by atoms with Gasteiger partial charge in [0.25, 0.3) is 5.91 Å². The van der Waals surface area contributed by atoms with Gasteiger partial charge in [0.15, 0.2) is 5.13 Å². The van der Waals surface area contributed by atoms with Crippen LogP contribution in [0, 0.1) is 6.92 Å². The summed E-state index contributed by atoms with van der Waals surface area (Å²) in [4.78, 5) is 21.2. The third-order valence-corrected chi connectivity index (χ3v) is 5.76. The van der Waals surface area contributed by atoms with Gasteiger partial charge in [-0.25, -0.2) is 4.98 Å². The molecular weight excluding hydrogens is 342 g/mol. The third-order valence-electron chi connectivity index (χ3n) is 4.72. The summed E-state index contributed by atoms with van der Waals surface area (Å²) < 4.78 is 1.13. The van der Waals surface area contributed by atoms with Gasteiger partial charge in [-0.3, -0.25) is 9.69 Å². The van der Waals surface area contributed by atoms with Gasteiger partial charge in [-0.2, -0.15) is 0 Å². The van der Waals surface area contributed by atoms with Gasteiger partial charge in [-0.1, -0.05) is 35.6 Å². The minimum absolute atomic E-state index is 0.0212. The number of anilines is 1. The molecule has 0 aliphatic heterocycles. The summed E-state index contributed by atoms with van der Waals surface area (Å²) in [7, 11) is 0. The van der Waals surface area contributed by atoms with Crippen LogP contribution in [0.4, 0.5) is 5.13 Å². The average molecular weight is 369 g/mol. The fraction of sp³-hybridized carbons (Fsp3) is 0.333. The molecule has 5 heteroatoms. The second-order valence-electron chi connectivity index (χ2n) is 6.50. The van der Waals surface area contributed by atoms with Crippen LogP contribution in [0.3, 0.4) is 0 Å². The molecule has 0 fully saturated rings. The number of likely N-dealkylation sites (N-methyl/N-ethyl adjacent to an activating group) is 1. The van der Waals surface area contributed by atoms with Gasteiger partial charge in [-0.05, 0) is 50.6 Å². The molecule has 136 valence electrons. The Balaban J connectivity index is 1.94. The Labute approximate surface area is 159 Å². The summed E-state index contributed by atoms with van der Waals surface area (Å²) in [6.45, 7) is 10.1. The largest absolute Gasteiger partial charge is 0.334 e. The molecule has 26 heavy (non-hydrogen) atoms. The van der Waals surface area contributed by atoms with E-state index < -0.39 is 0 Å². The van der Waals surface area contributed by atoms with Crippen LogP contribution in [0.1, 0.15) is 29.8 Å². The number of aryl methyl sites for hydroxylation is 1. The smallest absolute Gasteiger partial charge is 0.260 e. The number of carbonyl (C=O) groups is 1. The highest BCUT2D eigenvalue weighted by atomic mass is 32.1. The zero-order valence-electron chi connectivity index (χ0n) is 15.7. The Hall–Kier alpha value is -2.24. The SMILES string of the molecule is CC[NH+](CC)CCN(C(=O)c1ccccc1)c1nc2ccc(C)cc2s1. The van der Waals surface area contributed by atoms with Crippen molar-refractivity contribution in [3.05, 3.63) is 59.7 Å². The lowest BCUT2D eigenvalue weighted by molar-refractivity contribution is -0.894. The molecule has 3 rings (SSSR count). The van der Waals surface area contributed by atoms with Gasteiger partial charge in [0.05, 0.1) is 36.4 Å². The van der Waals surface area contributed by atoms with Crippen molar-refractivity contribution in [3.8, 4) is 0 Å². The van der Waals surface area contributed by atoms with Crippen molar-refractivity contribution >= 4 is 32.6 Å². The van der Waals surface area contributed by atoms with Gasteiger partial charge >= 0.3 is 0 Å². The molecule has 0 radical (unpaired) electrons. The number of hydrogen-bond donors (Lipinski definition) is 1. The van der Waals surface area contributed by atoms with Crippen molar-refractivity contribution < 1.29 is 9.69 Å². The van der Waals surface area contributed by atoms with E-state index in [9.17, 15) is 4.79 Å². The molecule has 0 unspecified atom stereocenters. The average Bonchev–Trinajstić information content (AvgIpc) is 3.08. The lowest BCUT2D eigenvalue weighted by Gasteiger charge is -2.23. The standard InChI is InChI=1S/C21H25N3OS/c1-4-23(5-2)13-14-24(20(25)17-9-7-6-8-10-17)21-22-18-12-11-16(3)15-19(18)26-21/h6-12,15H,4-5,13-14H2,1-3H3/p+1. The number of aromatic nitrogens is 1. The van der Waals surface area contributed by atoms with Crippen LogP contribution in [0.25, 0.3) is 10.2 Å². The van der Waals surface area contributed by atoms with Gasteiger partial charge in [0.2, 0.25) is 0 Å². The number of fused-ring (bicyclic) bond motifs is 1. The summed E-state index contributed by atoms with van der Waals surface area (Å²) in [5, 5.41) is 0.783. The molecule has 0 aliphatic rings. The van der Waals surface area contributed by atoms with Crippen LogP contribution in [-0.2, 0) is 0 Å². The molecule has 1 heterocycles. The topological polar surface area (TPSA) is 37.6 Å². The summed E-state index contributed by atoms with van der Waals surface area (Å²) >= 11 is 1.59. The molecule has 1 aromatic heterocycles. The first kappa shape index (κ1) is 18.5. The molecule has 0 spiro atoms. The van der Waals surface area contributed by atoms with E-state index in [2.05, 4.69) is 32.9 Å². The van der Waals surface area contributed by atoms with Crippen molar-refractivity contribution in [2.75, 3.05) is 31.1 Å². The number of quaternary nitrogens is 1. The summed E-state index contributed by atoms with van der Waals surface area (Å²) in [5.74, 6) is 0.0212. The molecule has 1 N–H and O–H groups in total. The first-order valence-electron chi connectivity index (χ1n) is 9.20. The van der Waals surface area contributed by atoms with Crippen LogP contribution < -0.4 is 9.80 Å². The van der Waals surface area contributed by atoms with Gasteiger partial charge in [0, 0.05) is 5.56 Å². The number of nitrogens with zero attached hydrogens (tertiary/aromatic N) is 2. The minimum atomic E-state index is 0.0212. The van der Waals surface area contributed by atoms with E-state index in [1.165, 1.54) is 10.5 Å². The van der Waals surface area contributed by atoms with Crippen molar-refractivity contribution in [3.63, 3.8) is 0 Å². The number of thiazole rings is 1. The molecule has 0 atom stereocenters. The van der Waals surface area contributed by atoms with Gasteiger partial charge < -0.3 is 4.90 Å². The van der Waals surface area contributed by atoms with E-state index >= 15 is 0 Å². The van der Waals surface area contributed by atoms with E-state index in [4.69, 9.17) is 4.98 Å². The van der Waals surface area contributed by atoms with Crippen LogP contribution >= 0.6 is 11.3 Å². The first-order chi connectivity index (χ1) is 12.6. The van der Waals surface area contributed by atoms with Crippen LogP contribution in [0.2, 0.25) is 0 Å². The van der Waals surface area contributed by atoms with E-state index in [0.717, 1.165) is 35.0 Å². The zero-order valence-corrected chi connectivity index (χ0v) is 16.5. The summed E-state index contributed by atoms with van der Waals surface area (Å²) in [6.07, 6.45) is 0. The Morgan fingerprint density at radius 1 is 1.12 bits per heavy atom. The number of carbonyl (C=O) groups excluding carboxylic acids is 1. The molecule has 0 aliphatic carbocycles. The maximum absolute atomic E-state index is 13.2. The minimum Gasteiger partial charge on any atom is -0.334 e. The van der Waals surface area contributed by atoms with Gasteiger partial charge in [-0.15, -0.1) is 0 Å². The summed E-state index contributed by atoms with van der Waals surface area (Å²) in [6, 6.07) is 15.7. The second kappa shape index (κ2) is 8.43. The second-order valence-corrected chi connectivity index (χ2v) is 7.51. The van der Waals surface area contributed by atoms with Crippen molar-refractivity contribution in [2.45, 2.75) is 20.8 Å². The highest BCUT2D eigenvalue weighted by molar-refractivity contribution is 7.22. The molecule has 1 amide bonds. The molecule has 3 aromatic rings. The van der Waals surface area contributed by atoms with Crippen LogP contribution in [0.5, 0.6) is 0 Å². The maximum atomic E-state index is 13.2. The predicted octanol–water partition coefficient (Wildman–Crippen LogP) is 3.18. The summed E-state index contributed by atoms with van der Waals surface area (Å²) in [5.41, 5.74) is 2.87. The fourth-order valence-electron chi connectivity index (χ4n) is 3.03. The third kappa shape index (κ3) is 4.11. The molecule has 0 saturated carbocycles. The van der Waals surface area contributed by atoms with E-state index in [1.54, 1.807) is 11.3 Å². The fourth-order valence-corrected chi connectivity index (χ4v) is 4.12. The maximum Gasteiger partial charge on any atom is 0.260 e. The number of benzene rings is 2. The van der Waals surface area contributed by atoms with Crippen molar-refractivity contribution in [2.24, 2.45) is 0 Å². The highest BCUT2D eigenvalue weighted by Gasteiger charge is 2.22. The normalized spacial score (nSPS) is 11.2. The van der Waals surface area contributed by atoms with Crippen molar-refractivity contribution in [1.82, 2.24) is 4.98 Å². The molecule has 0 bridgehead atoms. The lowest BCUT2D eigenvalue weighted by atomic mass is 10.2. The quantitative estimate of drug-likeness (QED) is 0.695. The number of amides is 1. The Bertz CT molecular complexity index is 871. The first-order valence-corrected chi connectivity index (χ1v) is 10.0.